The monoisotopic (exact) mass is 428 g/mol. The average Bonchev–Trinajstić information content (AvgIpc) is 3.03. The summed E-state index contributed by atoms with van der Waals surface area (Å²) in [4.78, 5) is 20.8. The first-order valence-corrected chi connectivity index (χ1v) is 12.1. The third kappa shape index (κ3) is 4.03. The lowest BCUT2D eigenvalue weighted by atomic mass is 9.94. The second-order valence-electron chi connectivity index (χ2n) is 8.29. The Morgan fingerprint density at radius 1 is 1.28 bits per heavy atom. The van der Waals surface area contributed by atoms with Crippen molar-refractivity contribution in [3.8, 4) is 5.69 Å². The van der Waals surface area contributed by atoms with Gasteiger partial charge in [-0.3, -0.25) is 9.36 Å². The molecule has 0 aliphatic carbocycles. The minimum absolute atomic E-state index is 0.0532. The van der Waals surface area contributed by atoms with Gasteiger partial charge in [0, 0.05) is 17.1 Å². The molecule has 1 aromatic carbocycles. The molecular formula is C23H28N2O2S2. The number of benzene rings is 1. The Kier molecular flexibility index (Phi) is 5.87. The van der Waals surface area contributed by atoms with Gasteiger partial charge in [-0.2, -0.15) is 0 Å². The molecule has 0 amide bonds. The van der Waals surface area contributed by atoms with Crippen molar-refractivity contribution in [2.75, 3.05) is 5.75 Å². The highest BCUT2D eigenvalue weighted by Crippen LogP contribution is 2.38. The molecular weight excluding hydrogens is 400 g/mol. The van der Waals surface area contributed by atoms with Gasteiger partial charge in [0.1, 0.15) is 4.83 Å². The fraction of sp³-hybridized carbons (Fsp3) is 0.478. The van der Waals surface area contributed by atoms with E-state index < -0.39 is 0 Å². The molecule has 0 saturated heterocycles. The van der Waals surface area contributed by atoms with E-state index in [0.29, 0.717) is 6.61 Å². The van der Waals surface area contributed by atoms with Gasteiger partial charge in [0.2, 0.25) is 0 Å². The highest BCUT2D eigenvalue weighted by atomic mass is 32.2. The standard InChI is InChI=1S/C23H28N2O2S2/c1-5-6-9-12-28-22-24-20-19(16-13-23(3,4)27-14-18(16)29-20)21(26)25(22)17-11-8-7-10-15(17)2/h7-8,10-11H,5-6,9,12-14H2,1-4H3. The lowest BCUT2D eigenvalue weighted by Gasteiger charge is -2.30. The molecule has 3 aromatic rings. The molecule has 2 aromatic heterocycles. The van der Waals surface area contributed by atoms with Crippen LogP contribution >= 0.6 is 23.1 Å². The molecule has 154 valence electrons. The first-order chi connectivity index (χ1) is 13.9. The third-order valence-corrected chi connectivity index (χ3v) is 7.53. The van der Waals surface area contributed by atoms with Gasteiger partial charge in [-0.25, -0.2) is 4.98 Å². The molecule has 4 rings (SSSR count). The van der Waals surface area contributed by atoms with Crippen molar-refractivity contribution < 1.29 is 4.74 Å². The van der Waals surface area contributed by atoms with Gasteiger partial charge in [0.25, 0.3) is 5.56 Å². The van der Waals surface area contributed by atoms with Crippen LogP contribution in [0.15, 0.2) is 34.2 Å². The normalized spacial score (nSPS) is 15.6. The van der Waals surface area contributed by atoms with Crippen LogP contribution in [0.4, 0.5) is 0 Å². The van der Waals surface area contributed by atoms with Crippen molar-refractivity contribution in [2.45, 2.75) is 70.7 Å². The van der Waals surface area contributed by atoms with Crippen molar-refractivity contribution in [2.24, 2.45) is 0 Å². The Hall–Kier alpha value is -1.63. The summed E-state index contributed by atoms with van der Waals surface area (Å²) in [6.07, 6.45) is 4.26. The molecule has 6 heteroatoms. The predicted molar refractivity (Wildman–Crippen MR) is 123 cm³/mol. The van der Waals surface area contributed by atoms with Gasteiger partial charge >= 0.3 is 0 Å². The number of fused-ring (bicyclic) bond motifs is 3. The van der Waals surface area contributed by atoms with Crippen molar-refractivity contribution in [3.05, 3.63) is 50.6 Å². The number of nitrogens with zero attached hydrogens (tertiary/aromatic N) is 2. The topological polar surface area (TPSA) is 44.1 Å². The smallest absolute Gasteiger partial charge is 0.267 e. The molecule has 29 heavy (non-hydrogen) atoms. The van der Waals surface area contributed by atoms with Crippen LogP contribution in [0.25, 0.3) is 15.9 Å². The highest BCUT2D eigenvalue weighted by molar-refractivity contribution is 7.99. The number of hydrogen-bond donors (Lipinski definition) is 0. The van der Waals surface area contributed by atoms with E-state index in [9.17, 15) is 4.79 Å². The molecule has 0 N–H and O–H groups in total. The van der Waals surface area contributed by atoms with Crippen molar-refractivity contribution in [1.29, 1.82) is 0 Å². The first kappa shape index (κ1) is 20.6. The molecule has 0 atom stereocenters. The van der Waals surface area contributed by atoms with E-state index in [1.54, 1.807) is 23.1 Å². The Morgan fingerprint density at radius 2 is 2.07 bits per heavy atom. The second-order valence-corrected chi connectivity index (χ2v) is 10.4. The maximum absolute atomic E-state index is 13.8. The molecule has 0 radical (unpaired) electrons. The molecule has 4 nitrogen and oxygen atoms in total. The SMILES string of the molecule is CCCCCSc1nc2sc3c(c2c(=O)n1-c1ccccc1C)CC(C)(C)OC3. The fourth-order valence-corrected chi connectivity index (χ4v) is 5.96. The molecule has 0 fully saturated rings. The van der Waals surface area contributed by atoms with Crippen LogP contribution in [-0.4, -0.2) is 20.9 Å². The summed E-state index contributed by atoms with van der Waals surface area (Å²) in [7, 11) is 0. The van der Waals surface area contributed by atoms with Crippen LogP contribution in [0.2, 0.25) is 0 Å². The van der Waals surface area contributed by atoms with Crippen molar-refractivity contribution in [1.82, 2.24) is 9.55 Å². The van der Waals surface area contributed by atoms with Crippen LogP contribution in [-0.2, 0) is 17.8 Å². The van der Waals surface area contributed by atoms with Gasteiger partial charge in [-0.05, 0) is 44.4 Å². The summed E-state index contributed by atoms with van der Waals surface area (Å²) in [6, 6.07) is 8.07. The molecule has 0 saturated carbocycles. The summed E-state index contributed by atoms with van der Waals surface area (Å²) in [5.41, 5.74) is 2.94. The van der Waals surface area contributed by atoms with Gasteiger partial charge in [-0.1, -0.05) is 49.7 Å². The number of para-hydroxylation sites is 1. The van der Waals surface area contributed by atoms with Crippen LogP contribution in [0, 0.1) is 6.92 Å². The quantitative estimate of drug-likeness (QED) is 0.279. The predicted octanol–water partition coefficient (Wildman–Crippen LogP) is 5.89. The number of thioether (sulfide) groups is 1. The minimum atomic E-state index is -0.255. The van der Waals surface area contributed by atoms with E-state index in [4.69, 9.17) is 9.72 Å². The molecule has 1 aliphatic rings. The summed E-state index contributed by atoms with van der Waals surface area (Å²) < 4.78 is 7.82. The van der Waals surface area contributed by atoms with Gasteiger partial charge < -0.3 is 4.74 Å². The molecule has 0 spiro atoms. The zero-order chi connectivity index (χ0) is 20.6. The molecule has 0 bridgehead atoms. The number of ether oxygens (including phenoxy) is 1. The van der Waals surface area contributed by atoms with E-state index in [-0.39, 0.29) is 11.2 Å². The number of unbranched alkanes of at least 4 members (excludes halogenated alkanes) is 2. The Labute approximate surface area is 180 Å². The Morgan fingerprint density at radius 3 is 2.83 bits per heavy atom. The minimum Gasteiger partial charge on any atom is -0.370 e. The van der Waals surface area contributed by atoms with Crippen LogP contribution in [0.1, 0.15) is 56.0 Å². The van der Waals surface area contributed by atoms with E-state index in [2.05, 4.69) is 33.8 Å². The van der Waals surface area contributed by atoms with Crippen LogP contribution in [0.5, 0.6) is 0 Å². The van der Waals surface area contributed by atoms with Gasteiger partial charge in [0.15, 0.2) is 5.16 Å². The number of aromatic nitrogens is 2. The number of rotatable bonds is 6. The summed E-state index contributed by atoms with van der Waals surface area (Å²) in [5, 5.41) is 1.58. The van der Waals surface area contributed by atoms with Crippen molar-refractivity contribution in [3.63, 3.8) is 0 Å². The third-order valence-electron chi connectivity index (χ3n) is 5.41. The maximum Gasteiger partial charge on any atom is 0.267 e. The highest BCUT2D eigenvalue weighted by Gasteiger charge is 2.31. The second kappa shape index (κ2) is 8.25. The lowest BCUT2D eigenvalue weighted by Crippen LogP contribution is -2.32. The van der Waals surface area contributed by atoms with E-state index in [1.807, 2.05) is 22.8 Å². The van der Waals surface area contributed by atoms with E-state index in [0.717, 1.165) is 55.7 Å². The average molecular weight is 429 g/mol. The first-order valence-electron chi connectivity index (χ1n) is 10.3. The number of thiophene rings is 1. The summed E-state index contributed by atoms with van der Waals surface area (Å²) >= 11 is 3.31. The van der Waals surface area contributed by atoms with Crippen LogP contribution < -0.4 is 5.56 Å². The number of hydrogen-bond acceptors (Lipinski definition) is 5. The lowest BCUT2D eigenvalue weighted by molar-refractivity contribution is -0.0379. The molecule has 3 heterocycles. The summed E-state index contributed by atoms with van der Waals surface area (Å²) in [5.74, 6) is 0.971. The van der Waals surface area contributed by atoms with E-state index in [1.165, 1.54) is 12.8 Å². The fourth-order valence-electron chi connectivity index (χ4n) is 3.81. The van der Waals surface area contributed by atoms with E-state index >= 15 is 0 Å². The maximum atomic E-state index is 13.8. The zero-order valence-electron chi connectivity index (χ0n) is 17.6. The van der Waals surface area contributed by atoms with Gasteiger partial charge in [-0.15, -0.1) is 11.3 Å². The number of aryl methyl sites for hydroxylation is 1. The summed E-state index contributed by atoms with van der Waals surface area (Å²) in [6.45, 7) is 9.00. The van der Waals surface area contributed by atoms with Crippen molar-refractivity contribution >= 4 is 33.3 Å². The Balaban J connectivity index is 1.91. The largest absolute Gasteiger partial charge is 0.370 e. The molecule has 1 aliphatic heterocycles. The van der Waals surface area contributed by atoms with Gasteiger partial charge in [0.05, 0.1) is 23.3 Å². The molecule has 0 unspecified atom stereocenters. The Bertz CT molecular complexity index is 1100. The van der Waals surface area contributed by atoms with Crippen LogP contribution in [0.3, 0.4) is 0 Å². The zero-order valence-corrected chi connectivity index (χ0v) is 19.2.